The lowest BCUT2D eigenvalue weighted by atomic mass is 9.96. The molecule has 0 amide bonds. The molecular weight excluding hydrogens is 166 g/mol. The first kappa shape index (κ1) is 13.3. The lowest BCUT2D eigenvalue weighted by molar-refractivity contribution is -0.143. The van der Waals surface area contributed by atoms with Gasteiger partial charge >= 0.3 is 5.97 Å². The highest BCUT2D eigenvalue weighted by atomic mass is 35.5. The normalized spacial score (nSPS) is 12.4. The number of carboxylic acid groups (broad SMARTS) is 1. The SMILES string of the molecule is CNC[C@H](C(=O)O)C(C)C.Cl. The molecule has 0 spiro atoms. The molecule has 3 nitrogen and oxygen atoms in total. The Morgan fingerprint density at radius 2 is 2.00 bits per heavy atom. The molecule has 0 unspecified atom stereocenters. The summed E-state index contributed by atoms with van der Waals surface area (Å²) < 4.78 is 0. The van der Waals surface area contributed by atoms with Crippen molar-refractivity contribution in [2.45, 2.75) is 13.8 Å². The zero-order chi connectivity index (χ0) is 8.15. The van der Waals surface area contributed by atoms with Crippen LogP contribution in [0.25, 0.3) is 0 Å². The molecule has 0 rings (SSSR count). The van der Waals surface area contributed by atoms with Crippen molar-refractivity contribution in [3.63, 3.8) is 0 Å². The van der Waals surface area contributed by atoms with E-state index < -0.39 is 5.97 Å². The Balaban J connectivity index is 0. The summed E-state index contributed by atoms with van der Waals surface area (Å²) in [7, 11) is 1.76. The predicted molar refractivity (Wildman–Crippen MR) is 47.1 cm³/mol. The van der Waals surface area contributed by atoms with Crippen LogP contribution in [0.15, 0.2) is 0 Å². The highest BCUT2D eigenvalue weighted by Gasteiger charge is 2.19. The molecule has 0 saturated carbocycles. The van der Waals surface area contributed by atoms with Gasteiger partial charge in [-0.2, -0.15) is 0 Å². The third kappa shape index (κ3) is 5.04. The fraction of sp³-hybridized carbons (Fsp3) is 0.857. The molecule has 0 aromatic carbocycles. The Morgan fingerprint density at radius 1 is 1.55 bits per heavy atom. The van der Waals surface area contributed by atoms with E-state index in [1.165, 1.54) is 0 Å². The predicted octanol–water partition coefficient (Wildman–Crippen LogP) is 0.984. The first-order valence-electron chi connectivity index (χ1n) is 3.47. The number of halogens is 1. The summed E-state index contributed by atoms with van der Waals surface area (Å²) >= 11 is 0. The lowest BCUT2D eigenvalue weighted by Crippen LogP contribution is -2.29. The van der Waals surface area contributed by atoms with Gasteiger partial charge in [-0.3, -0.25) is 4.79 Å². The van der Waals surface area contributed by atoms with Crippen molar-refractivity contribution in [2.24, 2.45) is 11.8 Å². The van der Waals surface area contributed by atoms with Gasteiger partial charge in [-0.05, 0) is 13.0 Å². The maximum Gasteiger partial charge on any atom is 0.308 e. The van der Waals surface area contributed by atoms with Gasteiger partial charge in [0.25, 0.3) is 0 Å². The molecule has 0 fully saturated rings. The van der Waals surface area contributed by atoms with Gasteiger partial charge in [0.1, 0.15) is 0 Å². The van der Waals surface area contributed by atoms with Crippen LogP contribution in [0.1, 0.15) is 13.8 Å². The molecule has 0 heterocycles. The number of carbonyl (C=O) groups is 1. The summed E-state index contributed by atoms with van der Waals surface area (Å²) in [4.78, 5) is 10.5. The third-order valence-corrected chi connectivity index (χ3v) is 1.55. The fourth-order valence-corrected chi connectivity index (χ4v) is 0.828. The minimum atomic E-state index is -0.718. The molecule has 0 bridgehead atoms. The van der Waals surface area contributed by atoms with Crippen molar-refractivity contribution in [2.75, 3.05) is 13.6 Å². The van der Waals surface area contributed by atoms with Gasteiger partial charge in [0.2, 0.25) is 0 Å². The van der Waals surface area contributed by atoms with Crippen molar-refractivity contribution in [1.82, 2.24) is 5.32 Å². The zero-order valence-electron chi connectivity index (χ0n) is 7.13. The van der Waals surface area contributed by atoms with Crippen LogP contribution in [0.3, 0.4) is 0 Å². The molecule has 4 heteroatoms. The molecule has 0 radical (unpaired) electrons. The van der Waals surface area contributed by atoms with E-state index in [1.807, 2.05) is 13.8 Å². The van der Waals surface area contributed by atoms with Crippen LogP contribution in [0.4, 0.5) is 0 Å². The second-order valence-electron chi connectivity index (χ2n) is 2.75. The molecule has 0 aromatic rings. The van der Waals surface area contributed by atoms with Gasteiger partial charge in [-0.1, -0.05) is 13.8 Å². The molecule has 0 aliphatic carbocycles. The molecule has 0 aromatic heterocycles. The van der Waals surface area contributed by atoms with Crippen molar-refractivity contribution in [3.05, 3.63) is 0 Å². The minimum Gasteiger partial charge on any atom is -0.481 e. The number of hydrogen-bond donors (Lipinski definition) is 2. The van der Waals surface area contributed by atoms with E-state index in [0.29, 0.717) is 6.54 Å². The van der Waals surface area contributed by atoms with E-state index in [2.05, 4.69) is 5.32 Å². The summed E-state index contributed by atoms with van der Waals surface area (Å²) in [5.74, 6) is -0.778. The van der Waals surface area contributed by atoms with E-state index in [1.54, 1.807) is 7.05 Å². The van der Waals surface area contributed by atoms with Gasteiger partial charge in [-0.15, -0.1) is 12.4 Å². The van der Waals surface area contributed by atoms with Crippen LogP contribution in [-0.4, -0.2) is 24.7 Å². The van der Waals surface area contributed by atoms with Gasteiger partial charge < -0.3 is 10.4 Å². The second-order valence-corrected chi connectivity index (χ2v) is 2.75. The van der Waals surface area contributed by atoms with Crippen LogP contribution in [0.5, 0.6) is 0 Å². The van der Waals surface area contributed by atoms with E-state index in [9.17, 15) is 4.79 Å². The lowest BCUT2D eigenvalue weighted by Gasteiger charge is -2.14. The summed E-state index contributed by atoms with van der Waals surface area (Å²) in [6.07, 6.45) is 0. The first-order chi connectivity index (χ1) is 4.59. The van der Waals surface area contributed by atoms with E-state index in [-0.39, 0.29) is 24.2 Å². The fourth-order valence-electron chi connectivity index (χ4n) is 0.828. The highest BCUT2D eigenvalue weighted by Crippen LogP contribution is 2.08. The molecule has 0 aliphatic rings. The molecule has 1 atom stereocenters. The van der Waals surface area contributed by atoms with Crippen molar-refractivity contribution in [1.29, 1.82) is 0 Å². The van der Waals surface area contributed by atoms with Crippen molar-refractivity contribution >= 4 is 18.4 Å². The van der Waals surface area contributed by atoms with Gasteiger partial charge in [-0.25, -0.2) is 0 Å². The monoisotopic (exact) mass is 181 g/mol. The topological polar surface area (TPSA) is 49.3 Å². The Morgan fingerprint density at radius 3 is 2.09 bits per heavy atom. The molecule has 0 saturated heterocycles. The average molecular weight is 182 g/mol. The van der Waals surface area contributed by atoms with Crippen LogP contribution >= 0.6 is 12.4 Å². The van der Waals surface area contributed by atoms with E-state index in [4.69, 9.17) is 5.11 Å². The smallest absolute Gasteiger partial charge is 0.308 e. The Labute approximate surface area is 73.6 Å². The number of aliphatic carboxylic acids is 1. The number of hydrogen-bond acceptors (Lipinski definition) is 2. The minimum absolute atomic E-state index is 0. The quantitative estimate of drug-likeness (QED) is 0.680. The van der Waals surface area contributed by atoms with Gasteiger partial charge in [0, 0.05) is 6.54 Å². The first-order valence-corrected chi connectivity index (χ1v) is 3.47. The maximum absolute atomic E-state index is 10.5. The number of carboxylic acids is 1. The molecule has 2 N–H and O–H groups in total. The summed E-state index contributed by atoms with van der Waals surface area (Å²) in [6.45, 7) is 4.37. The number of rotatable bonds is 4. The van der Waals surface area contributed by atoms with Crippen LogP contribution in [0.2, 0.25) is 0 Å². The molecular formula is C7H16ClNO2. The Bertz CT molecular complexity index is 117. The Kier molecular flexibility index (Phi) is 7.79. The van der Waals surface area contributed by atoms with Crippen LogP contribution in [0, 0.1) is 11.8 Å². The van der Waals surface area contributed by atoms with Crippen LogP contribution in [-0.2, 0) is 4.79 Å². The van der Waals surface area contributed by atoms with E-state index >= 15 is 0 Å². The average Bonchev–Trinajstić information content (AvgIpc) is 1.81. The van der Waals surface area contributed by atoms with E-state index in [0.717, 1.165) is 0 Å². The van der Waals surface area contributed by atoms with Gasteiger partial charge in [0.05, 0.1) is 5.92 Å². The third-order valence-electron chi connectivity index (χ3n) is 1.55. The highest BCUT2D eigenvalue weighted by molar-refractivity contribution is 5.85. The Hall–Kier alpha value is -0.280. The maximum atomic E-state index is 10.5. The van der Waals surface area contributed by atoms with Crippen molar-refractivity contribution < 1.29 is 9.90 Å². The number of nitrogens with one attached hydrogen (secondary N) is 1. The summed E-state index contributed by atoms with van der Waals surface area (Å²) in [5.41, 5.74) is 0. The standard InChI is InChI=1S/C7H15NO2.ClH/c1-5(2)6(4-8-3)7(9)10;/h5-6,8H,4H2,1-3H3,(H,9,10);1H/t6-;/m0./s1. The van der Waals surface area contributed by atoms with Crippen molar-refractivity contribution in [3.8, 4) is 0 Å². The largest absolute Gasteiger partial charge is 0.481 e. The van der Waals surface area contributed by atoms with Crippen LogP contribution < -0.4 is 5.32 Å². The molecule has 68 valence electrons. The zero-order valence-corrected chi connectivity index (χ0v) is 7.94. The summed E-state index contributed by atoms with van der Waals surface area (Å²) in [5, 5.41) is 11.5. The summed E-state index contributed by atoms with van der Waals surface area (Å²) in [6, 6.07) is 0. The molecule has 0 aliphatic heterocycles. The second kappa shape index (κ2) is 6.43. The van der Waals surface area contributed by atoms with Gasteiger partial charge in [0.15, 0.2) is 0 Å². The molecule has 11 heavy (non-hydrogen) atoms.